The summed E-state index contributed by atoms with van der Waals surface area (Å²) in [5, 5.41) is 20.3. The largest absolute Gasteiger partial charge is 0.494 e. The molecule has 7 rings (SSSR count). The predicted octanol–water partition coefficient (Wildman–Crippen LogP) is 10.7. The first-order chi connectivity index (χ1) is 21.1. The number of ether oxygens (including phenoxy) is 1. The second-order valence-corrected chi connectivity index (χ2v) is 11.7. The maximum atomic E-state index is 9.92. The number of aliphatic hydroxyl groups is 1. The van der Waals surface area contributed by atoms with Crippen LogP contribution in [0, 0.1) is 0 Å². The van der Waals surface area contributed by atoms with Crippen molar-refractivity contribution in [1.29, 1.82) is 0 Å². The normalized spacial score (nSPS) is 11.8. The van der Waals surface area contributed by atoms with Crippen LogP contribution in [0.15, 0.2) is 139 Å². The number of nitrogens with zero attached hydrogens (tertiary/aromatic N) is 1. The number of anilines is 3. The van der Waals surface area contributed by atoms with Gasteiger partial charge in [-0.3, -0.25) is 0 Å². The van der Waals surface area contributed by atoms with Gasteiger partial charge < -0.3 is 14.7 Å². The quantitative estimate of drug-likeness (QED) is 0.182. The lowest BCUT2D eigenvalue weighted by atomic mass is 10.0. The molecular formula is C39H31NO2S. The van der Waals surface area contributed by atoms with Gasteiger partial charge in [0.25, 0.3) is 0 Å². The van der Waals surface area contributed by atoms with Gasteiger partial charge in [-0.05, 0) is 122 Å². The van der Waals surface area contributed by atoms with Gasteiger partial charge in [0.2, 0.25) is 0 Å². The van der Waals surface area contributed by atoms with Gasteiger partial charge >= 0.3 is 0 Å². The topological polar surface area (TPSA) is 32.7 Å². The number of hydrogen-bond acceptors (Lipinski definition) is 4. The van der Waals surface area contributed by atoms with Gasteiger partial charge in [-0.15, -0.1) is 11.3 Å². The number of aliphatic hydroxyl groups excluding tert-OH is 1. The first-order valence-corrected chi connectivity index (χ1v) is 15.3. The minimum absolute atomic E-state index is 0.0102. The Morgan fingerprint density at radius 2 is 1.23 bits per heavy atom. The fourth-order valence-electron chi connectivity index (χ4n) is 5.68. The van der Waals surface area contributed by atoms with E-state index < -0.39 is 0 Å². The van der Waals surface area contributed by atoms with E-state index in [0.29, 0.717) is 6.61 Å². The highest BCUT2D eigenvalue weighted by molar-refractivity contribution is 7.14. The van der Waals surface area contributed by atoms with Crippen molar-refractivity contribution < 1.29 is 9.84 Å². The zero-order chi connectivity index (χ0) is 29.2. The molecule has 4 heteroatoms. The molecule has 0 radical (unpaired) electrons. The molecule has 0 saturated carbocycles. The summed E-state index contributed by atoms with van der Waals surface area (Å²) in [5.74, 6) is 0.827. The highest BCUT2D eigenvalue weighted by Gasteiger charge is 2.14. The van der Waals surface area contributed by atoms with E-state index in [2.05, 4.69) is 126 Å². The molecule has 0 aliphatic heterocycles. The molecule has 0 spiro atoms. The van der Waals surface area contributed by atoms with Gasteiger partial charge in [0.1, 0.15) is 6.61 Å². The van der Waals surface area contributed by atoms with Crippen LogP contribution < -0.4 is 4.90 Å². The molecule has 0 amide bonds. The van der Waals surface area contributed by atoms with Crippen molar-refractivity contribution in [2.75, 3.05) is 4.90 Å². The smallest absolute Gasteiger partial charge is 0.113 e. The number of allylic oxidation sites excluding steroid dienone is 1. The molecule has 0 atom stereocenters. The van der Waals surface area contributed by atoms with Crippen LogP contribution >= 0.6 is 11.3 Å². The Hall–Kier alpha value is -4.90. The molecule has 3 nitrogen and oxygen atoms in total. The molecule has 0 aliphatic carbocycles. The summed E-state index contributed by atoms with van der Waals surface area (Å²) in [5.41, 5.74) is 5.25. The van der Waals surface area contributed by atoms with Crippen molar-refractivity contribution in [2.24, 2.45) is 0 Å². The molecule has 0 saturated heterocycles. The lowest BCUT2D eigenvalue weighted by Crippen LogP contribution is -2.08. The number of fused-ring (bicyclic) bond motifs is 3. The summed E-state index contributed by atoms with van der Waals surface area (Å²) >= 11 is 1.74. The monoisotopic (exact) mass is 577 g/mol. The average molecular weight is 578 g/mol. The minimum atomic E-state index is -0.0102. The van der Waals surface area contributed by atoms with Crippen LogP contribution in [-0.4, -0.2) is 5.11 Å². The highest BCUT2D eigenvalue weighted by atomic mass is 32.1. The molecule has 1 heterocycles. The molecule has 0 fully saturated rings. The van der Waals surface area contributed by atoms with E-state index in [0.717, 1.165) is 44.6 Å². The van der Waals surface area contributed by atoms with Crippen LogP contribution in [0.5, 0.6) is 0 Å². The van der Waals surface area contributed by atoms with E-state index in [9.17, 15) is 5.11 Å². The van der Waals surface area contributed by atoms with Crippen LogP contribution in [0.2, 0.25) is 0 Å². The van der Waals surface area contributed by atoms with E-state index in [1.54, 1.807) is 11.3 Å². The van der Waals surface area contributed by atoms with E-state index in [1.807, 2.05) is 25.1 Å². The van der Waals surface area contributed by atoms with Crippen molar-refractivity contribution in [1.82, 2.24) is 0 Å². The predicted molar refractivity (Wildman–Crippen MR) is 182 cm³/mol. The lowest BCUT2D eigenvalue weighted by molar-refractivity contribution is 0.199. The summed E-state index contributed by atoms with van der Waals surface area (Å²) in [7, 11) is 0. The molecule has 7 aromatic rings. The Bertz CT molecular complexity index is 2090. The van der Waals surface area contributed by atoms with E-state index >= 15 is 0 Å². The van der Waals surface area contributed by atoms with Gasteiger partial charge in [0.05, 0.1) is 17.4 Å². The van der Waals surface area contributed by atoms with Crippen LogP contribution in [0.25, 0.3) is 38.4 Å². The van der Waals surface area contributed by atoms with Gasteiger partial charge in [-0.1, -0.05) is 72.8 Å². The maximum Gasteiger partial charge on any atom is 0.113 e. The summed E-state index contributed by atoms with van der Waals surface area (Å²) in [6.45, 7) is 2.38. The van der Waals surface area contributed by atoms with Crippen molar-refractivity contribution in [3.8, 4) is 0 Å². The Labute approximate surface area is 255 Å². The Morgan fingerprint density at radius 1 is 0.651 bits per heavy atom. The molecule has 0 bridgehead atoms. The standard InChI is InChI=1S/C39H31NO2S/c1-27(42-26-36-22-31-9-5-4-8-30(31)21-35(36)25-41)19-28-12-13-34-24-38(17-15-33(34)20-28)40(39-11-6-18-43-39)37-16-14-29-7-2-3-10-32(29)23-37/h2-24,41H,25-26H2,1H3. The van der Waals surface area contributed by atoms with Crippen LogP contribution in [0.3, 0.4) is 0 Å². The number of hydrogen-bond donors (Lipinski definition) is 1. The lowest BCUT2D eigenvalue weighted by Gasteiger charge is -2.24. The molecule has 1 aromatic heterocycles. The third-order valence-electron chi connectivity index (χ3n) is 7.89. The fraction of sp³-hybridized carbons (Fsp3) is 0.0769. The Kier molecular flexibility index (Phi) is 7.38. The average Bonchev–Trinajstić information content (AvgIpc) is 3.58. The summed E-state index contributed by atoms with van der Waals surface area (Å²) < 4.78 is 6.15. The molecule has 6 aromatic carbocycles. The number of benzene rings is 6. The maximum absolute atomic E-state index is 9.92. The SMILES string of the molecule is CC(=Cc1ccc2cc(N(c3ccc4ccccc4c3)c3cccs3)ccc2c1)OCc1cc2ccccc2cc1CO. The number of rotatable bonds is 8. The van der Waals surface area contributed by atoms with Crippen LogP contribution in [0.4, 0.5) is 16.4 Å². The molecule has 0 unspecified atom stereocenters. The van der Waals surface area contributed by atoms with Gasteiger partial charge in [0, 0.05) is 11.4 Å². The highest BCUT2D eigenvalue weighted by Crippen LogP contribution is 2.39. The third-order valence-corrected chi connectivity index (χ3v) is 8.74. The van der Waals surface area contributed by atoms with E-state index in [4.69, 9.17) is 4.74 Å². The van der Waals surface area contributed by atoms with Crippen molar-refractivity contribution >= 4 is 66.1 Å². The van der Waals surface area contributed by atoms with Crippen molar-refractivity contribution in [2.45, 2.75) is 20.1 Å². The second kappa shape index (κ2) is 11.8. The van der Waals surface area contributed by atoms with E-state index in [1.165, 1.54) is 26.5 Å². The van der Waals surface area contributed by atoms with Crippen LogP contribution in [0.1, 0.15) is 23.6 Å². The summed E-state index contributed by atoms with van der Waals surface area (Å²) in [6.07, 6.45) is 2.07. The molecule has 1 N–H and O–H groups in total. The first kappa shape index (κ1) is 27.0. The number of thiophene rings is 1. The van der Waals surface area contributed by atoms with E-state index in [-0.39, 0.29) is 6.61 Å². The fourth-order valence-corrected chi connectivity index (χ4v) is 6.45. The summed E-state index contributed by atoms with van der Waals surface area (Å²) in [6, 6.07) is 44.9. The molecular weight excluding hydrogens is 547 g/mol. The molecule has 43 heavy (non-hydrogen) atoms. The summed E-state index contributed by atoms with van der Waals surface area (Å²) in [4.78, 5) is 2.33. The van der Waals surface area contributed by atoms with Gasteiger partial charge in [-0.2, -0.15) is 0 Å². The van der Waals surface area contributed by atoms with Crippen molar-refractivity contribution in [3.05, 3.63) is 155 Å². The Balaban J connectivity index is 1.15. The first-order valence-electron chi connectivity index (χ1n) is 14.4. The van der Waals surface area contributed by atoms with Crippen molar-refractivity contribution in [3.63, 3.8) is 0 Å². The van der Waals surface area contributed by atoms with Crippen LogP contribution in [-0.2, 0) is 18.0 Å². The van der Waals surface area contributed by atoms with Gasteiger partial charge in [-0.25, -0.2) is 0 Å². The molecule has 210 valence electrons. The zero-order valence-corrected chi connectivity index (χ0v) is 24.7. The van der Waals surface area contributed by atoms with Gasteiger partial charge in [0.15, 0.2) is 0 Å². The minimum Gasteiger partial charge on any atom is -0.494 e. The molecule has 0 aliphatic rings. The third kappa shape index (κ3) is 5.63. The zero-order valence-electron chi connectivity index (χ0n) is 23.9. The second-order valence-electron chi connectivity index (χ2n) is 10.8. The Morgan fingerprint density at radius 3 is 1.91 bits per heavy atom.